The van der Waals surface area contributed by atoms with Crippen molar-refractivity contribution >= 4 is 29.9 Å². The first kappa shape index (κ1) is 24.6. The number of carbonyl (C=O) groups excluding carboxylic acids is 2. The third kappa shape index (κ3) is 5.32. The van der Waals surface area contributed by atoms with Crippen molar-refractivity contribution in [2.24, 2.45) is 0 Å². The van der Waals surface area contributed by atoms with E-state index >= 15 is 0 Å². The zero-order valence-corrected chi connectivity index (χ0v) is 18.4. The van der Waals surface area contributed by atoms with Gasteiger partial charge in [-0.15, -0.1) is 12.4 Å². The number of likely N-dealkylation sites (N-methyl/N-ethyl adjacent to an activating group) is 1. The second-order valence-electron chi connectivity index (χ2n) is 7.24. The van der Waals surface area contributed by atoms with Crippen molar-refractivity contribution in [2.45, 2.75) is 38.4 Å². The van der Waals surface area contributed by atoms with Crippen molar-refractivity contribution in [1.29, 1.82) is 0 Å². The summed E-state index contributed by atoms with van der Waals surface area (Å²) in [7, 11) is 3.02. The van der Waals surface area contributed by atoms with Crippen LogP contribution in [-0.2, 0) is 22.6 Å². The summed E-state index contributed by atoms with van der Waals surface area (Å²) in [5.74, 6) is -2.50. The van der Waals surface area contributed by atoms with E-state index in [-0.39, 0.29) is 36.5 Å². The first-order chi connectivity index (χ1) is 14.3. The predicted molar refractivity (Wildman–Crippen MR) is 117 cm³/mol. The second-order valence-corrected chi connectivity index (χ2v) is 7.24. The van der Waals surface area contributed by atoms with Crippen molar-refractivity contribution in [3.05, 3.63) is 59.2 Å². The Balaban J connectivity index is 0.00000341. The van der Waals surface area contributed by atoms with Gasteiger partial charge >= 0.3 is 0 Å². The fourth-order valence-electron chi connectivity index (χ4n) is 3.49. The molecule has 31 heavy (non-hydrogen) atoms. The second kappa shape index (κ2) is 10.5. The van der Waals surface area contributed by atoms with Crippen molar-refractivity contribution in [1.82, 2.24) is 10.6 Å². The van der Waals surface area contributed by atoms with Crippen LogP contribution in [0.1, 0.15) is 24.5 Å². The molecular weight excluding hydrogens is 428 g/mol. The molecule has 0 aliphatic carbocycles. The summed E-state index contributed by atoms with van der Waals surface area (Å²) in [6, 6.07) is 8.21. The minimum Gasteiger partial charge on any atom is -0.496 e. The number of anilines is 1. The Hall–Kier alpha value is -2.71. The highest BCUT2D eigenvalue weighted by Gasteiger charge is 2.32. The fraction of sp³-hybridized carbons (Fsp3) is 0.364. The highest BCUT2D eigenvalue weighted by Crippen LogP contribution is 2.31. The lowest BCUT2D eigenvalue weighted by Gasteiger charge is -2.27. The Morgan fingerprint density at radius 1 is 1.26 bits per heavy atom. The minimum atomic E-state index is -1.02. The molecule has 0 saturated carbocycles. The molecule has 0 bridgehead atoms. The van der Waals surface area contributed by atoms with Gasteiger partial charge in [-0.05, 0) is 44.5 Å². The predicted octanol–water partition coefficient (Wildman–Crippen LogP) is 2.97. The molecule has 9 heteroatoms. The molecule has 2 atom stereocenters. The molecule has 0 aromatic heterocycles. The van der Waals surface area contributed by atoms with Gasteiger partial charge < -0.3 is 20.3 Å². The van der Waals surface area contributed by atoms with Crippen LogP contribution in [0.3, 0.4) is 0 Å². The van der Waals surface area contributed by atoms with Crippen LogP contribution in [0.15, 0.2) is 36.4 Å². The van der Waals surface area contributed by atoms with Crippen molar-refractivity contribution < 1.29 is 23.1 Å². The SMILES string of the molecule is CNC(C)C(=O)NC1CCc2ccccc2N(Cc2cc(F)c(F)cc2OC)C1=O.Cl. The van der Waals surface area contributed by atoms with Gasteiger partial charge in [0.05, 0.1) is 19.7 Å². The Morgan fingerprint density at radius 3 is 2.61 bits per heavy atom. The van der Waals surface area contributed by atoms with Gasteiger partial charge in [-0.2, -0.15) is 0 Å². The van der Waals surface area contributed by atoms with Crippen LogP contribution in [0.4, 0.5) is 14.5 Å². The highest BCUT2D eigenvalue weighted by molar-refractivity contribution is 6.00. The smallest absolute Gasteiger partial charge is 0.249 e. The maximum atomic E-state index is 13.9. The number of hydrogen-bond acceptors (Lipinski definition) is 4. The van der Waals surface area contributed by atoms with E-state index in [2.05, 4.69) is 10.6 Å². The molecule has 0 radical (unpaired) electrons. The topological polar surface area (TPSA) is 70.7 Å². The van der Waals surface area contributed by atoms with Gasteiger partial charge in [-0.25, -0.2) is 8.78 Å². The van der Waals surface area contributed by atoms with Crippen molar-refractivity contribution in [3.63, 3.8) is 0 Å². The Morgan fingerprint density at radius 2 is 1.94 bits per heavy atom. The van der Waals surface area contributed by atoms with E-state index in [0.717, 1.165) is 17.7 Å². The third-order valence-electron chi connectivity index (χ3n) is 5.34. The maximum absolute atomic E-state index is 13.9. The number of aryl methyl sites for hydroxylation is 1. The Labute approximate surface area is 186 Å². The first-order valence-corrected chi connectivity index (χ1v) is 9.74. The standard InChI is InChI=1S/C22H25F2N3O3.ClH/c1-13(25-2)21(28)26-18-9-8-14-6-4-5-7-19(14)27(22(18)29)12-15-10-16(23)17(24)11-20(15)30-3;/h4-7,10-11,13,18,25H,8-9,12H2,1-3H3,(H,26,28);1H. The molecule has 2 unspecified atom stereocenters. The number of fused-ring (bicyclic) bond motifs is 1. The van der Waals surface area contributed by atoms with E-state index in [0.29, 0.717) is 24.1 Å². The number of hydrogen-bond donors (Lipinski definition) is 2. The molecule has 2 aromatic carbocycles. The number of rotatable bonds is 6. The zero-order chi connectivity index (χ0) is 21.8. The molecule has 1 aliphatic rings. The molecule has 2 N–H and O–H groups in total. The van der Waals surface area contributed by atoms with Crippen LogP contribution in [0.25, 0.3) is 0 Å². The average Bonchev–Trinajstić information content (AvgIpc) is 2.87. The van der Waals surface area contributed by atoms with Gasteiger partial charge in [0.2, 0.25) is 11.8 Å². The number of amides is 2. The van der Waals surface area contributed by atoms with Crippen LogP contribution in [0.5, 0.6) is 5.75 Å². The number of halogens is 3. The lowest BCUT2D eigenvalue weighted by molar-refractivity contribution is -0.128. The van der Waals surface area contributed by atoms with E-state index in [4.69, 9.17) is 4.74 Å². The molecule has 1 heterocycles. The Bertz CT molecular complexity index is 958. The third-order valence-corrected chi connectivity index (χ3v) is 5.34. The number of para-hydroxylation sites is 1. The van der Waals surface area contributed by atoms with E-state index in [1.807, 2.05) is 18.2 Å². The Kier molecular flexibility index (Phi) is 8.36. The lowest BCUT2D eigenvalue weighted by Crippen LogP contribution is -2.52. The molecule has 0 fully saturated rings. The minimum absolute atomic E-state index is 0. The largest absolute Gasteiger partial charge is 0.496 e. The number of methoxy groups -OCH3 is 1. The normalized spacial score (nSPS) is 16.6. The summed E-state index contributed by atoms with van der Waals surface area (Å²) in [5, 5.41) is 5.65. The van der Waals surface area contributed by atoms with Gasteiger partial charge in [-0.3, -0.25) is 9.59 Å². The molecular formula is C22H26ClF2N3O3. The van der Waals surface area contributed by atoms with Crippen LogP contribution in [0.2, 0.25) is 0 Å². The molecule has 168 valence electrons. The fourth-order valence-corrected chi connectivity index (χ4v) is 3.49. The van der Waals surface area contributed by atoms with E-state index in [9.17, 15) is 18.4 Å². The van der Waals surface area contributed by atoms with E-state index in [1.54, 1.807) is 20.0 Å². The number of nitrogens with one attached hydrogen (secondary N) is 2. The summed E-state index contributed by atoms with van der Waals surface area (Å²) in [5.41, 5.74) is 1.94. The van der Waals surface area contributed by atoms with Gasteiger partial charge in [-0.1, -0.05) is 18.2 Å². The van der Waals surface area contributed by atoms with E-state index < -0.39 is 23.7 Å². The van der Waals surface area contributed by atoms with Crippen LogP contribution >= 0.6 is 12.4 Å². The van der Waals surface area contributed by atoms with Gasteiger partial charge in [0.1, 0.15) is 11.8 Å². The van der Waals surface area contributed by atoms with Crippen molar-refractivity contribution in [3.8, 4) is 5.75 Å². The lowest BCUT2D eigenvalue weighted by atomic mass is 10.1. The number of carbonyl (C=O) groups is 2. The van der Waals surface area contributed by atoms with Crippen LogP contribution < -0.4 is 20.3 Å². The molecule has 2 amide bonds. The quantitative estimate of drug-likeness (QED) is 0.705. The summed E-state index contributed by atoms with van der Waals surface area (Å²) in [6.45, 7) is 1.68. The highest BCUT2D eigenvalue weighted by atomic mass is 35.5. The molecule has 6 nitrogen and oxygen atoms in total. The summed E-state index contributed by atoms with van der Waals surface area (Å²) in [4.78, 5) is 27.3. The molecule has 3 rings (SSSR count). The maximum Gasteiger partial charge on any atom is 0.249 e. The monoisotopic (exact) mass is 453 g/mol. The molecule has 2 aromatic rings. The van der Waals surface area contributed by atoms with E-state index in [1.165, 1.54) is 12.0 Å². The molecule has 1 aliphatic heterocycles. The van der Waals surface area contributed by atoms with Gasteiger partial charge in [0.25, 0.3) is 0 Å². The van der Waals surface area contributed by atoms with Crippen LogP contribution in [0, 0.1) is 11.6 Å². The number of nitrogens with zero attached hydrogens (tertiary/aromatic N) is 1. The molecule has 0 saturated heterocycles. The van der Waals surface area contributed by atoms with Crippen molar-refractivity contribution in [2.75, 3.05) is 19.1 Å². The number of benzene rings is 2. The van der Waals surface area contributed by atoms with Crippen LogP contribution in [-0.4, -0.2) is 38.1 Å². The summed E-state index contributed by atoms with van der Waals surface area (Å²) in [6.07, 6.45) is 1.02. The first-order valence-electron chi connectivity index (χ1n) is 9.74. The zero-order valence-electron chi connectivity index (χ0n) is 17.6. The summed E-state index contributed by atoms with van der Waals surface area (Å²) >= 11 is 0. The average molecular weight is 454 g/mol. The van der Waals surface area contributed by atoms with Gasteiger partial charge in [0, 0.05) is 17.3 Å². The number of ether oxygens (including phenoxy) is 1. The van der Waals surface area contributed by atoms with Gasteiger partial charge in [0.15, 0.2) is 11.6 Å². The molecule has 0 spiro atoms. The summed E-state index contributed by atoms with van der Waals surface area (Å²) < 4.78 is 32.7.